The third-order valence-electron chi connectivity index (χ3n) is 9.43. The molecule has 1 aliphatic carbocycles. The van der Waals surface area contributed by atoms with Gasteiger partial charge in [0.15, 0.2) is 0 Å². The molecule has 0 radical (unpaired) electrons. The molecule has 1 aromatic rings. The van der Waals surface area contributed by atoms with Gasteiger partial charge in [-0.15, -0.1) is 0 Å². The minimum Gasteiger partial charge on any atom is -0.508 e. The number of aromatic hydroxyl groups is 1. The summed E-state index contributed by atoms with van der Waals surface area (Å²) in [6, 6.07) is -2.91. The van der Waals surface area contributed by atoms with E-state index < -0.39 is 109 Å². The fourth-order valence-corrected chi connectivity index (χ4v) is 6.73. The molecule has 1 fully saturated rings. The zero-order valence-electron chi connectivity index (χ0n) is 32.8. The van der Waals surface area contributed by atoms with E-state index in [-0.39, 0.29) is 42.6 Å². The van der Waals surface area contributed by atoms with Gasteiger partial charge in [0.05, 0.1) is 6.42 Å². The van der Waals surface area contributed by atoms with Gasteiger partial charge in [0.2, 0.25) is 35.4 Å². The lowest BCUT2D eigenvalue weighted by Gasteiger charge is -2.29. The number of phenols is 1. The SMILES string of the molecule is CC(=O)N[C@@H](CC(=O)O)C(=O)N[C@@H](Cc1ccc(O)cc1)C(=O)N[C@@H](CC(C)C)C(=O)N[C@@H](CCC(=O)O)C(=O)N[C@@H](CC1CCCCC1)C(=O)N[C@@H](CS)C(=O)O. The summed E-state index contributed by atoms with van der Waals surface area (Å²) in [5.41, 5.74) is 0.443. The second kappa shape index (κ2) is 24.4. The van der Waals surface area contributed by atoms with Crippen molar-refractivity contribution in [2.24, 2.45) is 11.8 Å². The molecule has 2 rings (SSSR count). The number of carboxylic acid groups (broad SMARTS) is 3. The van der Waals surface area contributed by atoms with E-state index in [1.165, 1.54) is 24.3 Å². The molecule has 1 saturated carbocycles. The fraction of sp³-hybridized carbons (Fsp3) is 0.605. The number of carbonyl (C=O) groups excluding carboxylic acids is 6. The number of carbonyl (C=O) groups is 9. The molecule has 1 aliphatic rings. The molecule has 58 heavy (non-hydrogen) atoms. The van der Waals surface area contributed by atoms with Crippen LogP contribution in [0.5, 0.6) is 5.75 Å². The number of phenolic OH excluding ortho intramolecular Hbond substituents is 1. The largest absolute Gasteiger partial charge is 0.508 e. The molecule has 0 spiro atoms. The first-order valence-electron chi connectivity index (χ1n) is 19.1. The van der Waals surface area contributed by atoms with E-state index in [1.807, 2.05) is 0 Å². The van der Waals surface area contributed by atoms with Gasteiger partial charge in [-0.2, -0.15) is 12.6 Å². The van der Waals surface area contributed by atoms with Crippen molar-refractivity contribution >= 4 is 66.0 Å². The Bertz CT molecular complexity index is 1600. The van der Waals surface area contributed by atoms with Gasteiger partial charge in [-0.1, -0.05) is 58.1 Å². The molecule has 6 amide bonds. The van der Waals surface area contributed by atoms with E-state index >= 15 is 0 Å². The Balaban J connectivity index is 2.41. The maximum atomic E-state index is 13.9. The van der Waals surface area contributed by atoms with Crippen LogP contribution in [0.15, 0.2) is 24.3 Å². The molecule has 1 aromatic carbocycles. The smallest absolute Gasteiger partial charge is 0.327 e. The second-order valence-corrected chi connectivity index (χ2v) is 15.2. The van der Waals surface area contributed by atoms with Crippen LogP contribution in [0.25, 0.3) is 0 Å². The van der Waals surface area contributed by atoms with E-state index in [1.54, 1.807) is 13.8 Å². The minimum atomic E-state index is -1.56. The highest BCUT2D eigenvalue weighted by Crippen LogP contribution is 2.27. The summed E-state index contributed by atoms with van der Waals surface area (Å²) < 4.78 is 0. The summed E-state index contributed by atoms with van der Waals surface area (Å²) in [5, 5.41) is 52.7. The molecular formula is C38H56N6O13S. The van der Waals surface area contributed by atoms with Gasteiger partial charge in [0, 0.05) is 25.5 Å². The van der Waals surface area contributed by atoms with Crippen molar-refractivity contribution in [3.63, 3.8) is 0 Å². The van der Waals surface area contributed by atoms with E-state index in [4.69, 9.17) is 0 Å². The zero-order valence-corrected chi connectivity index (χ0v) is 33.7. The van der Waals surface area contributed by atoms with Crippen molar-refractivity contribution in [1.29, 1.82) is 0 Å². The molecule has 6 atom stereocenters. The fourth-order valence-electron chi connectivity index (χ4n) is 6.48. The van der Waals surface area contributed by atoms with E-state index in [0.717, 1.165) is 39.0 Å². The number of nitrogens with one attached hydrogen (secondary N) is 6. The highest BCUT2D eigenvalue weighted by Gasteiger charge is 2.35. The maximum absolute atomic E-state index is 13.9. The molecular weight excluding hydrogens is 781 g/mol. The van der Waals surface area contributed by atoms with Gasteiger partial charge in [0.1, 0.15) is 42.0 Å². The van der Waals surface area contributed by atoms with Crippen molar-refractivity contribution in [2.75, 3.05) is 5.75 Å². The van der Waals surface area contributed by atoms with Gasteiger partial charge in [-0.3, -0.25) is 38.4 Å². The Morgan fingerprint density at radius 1 is 0.655 bits per heavy atom. The normalized spacial score (nSPS) is 15.9. The summed E-state index contributed by atoms with van der Waals surface area (Å²) in [6.07, 6.45) is 2.48. The first-order valence-corrected chi connectivity index (χ1v) is 19.8. The molecule has 0 heterocycles. The van der Waals surface area contributed by atoms with Gasteiger partial charge in [0.25, 0.3) is 0 Å². The third-order valence-corrected chi connectivity index (χ3v) is 9.79. The summed E-state index contributed by atoms with van der Waals surface area (Å²) in [7, 11) is 0. The zero-order chi connectivity index (χ0) is 43.5. The molecule has 0 unspecified atom stereocenters. The molecule has 0 aliphatic heterocycles. The minimum absolute atomic E-state index is 0.00867. The van der Waals surface area contributed by atoms with E-state index in [2.05, 4.69) is 44.5 Å². The summed E-state index contributed by atoms with van der Waals surface area (Å²) in [6.45, 7) is 4.56. The van der Waals surface area contributed by atoms with E-state index in [0.29, 0.717) is 5.56 Å². The van der Waals surface area contributed by atoms with Crippen LogP contribution < -0.4 is 31.9 Å². The highest BCUT2D eigenvalue weighted by atomic mass is 32.1. The van der Waals surface area contributed by atoms with E-state index in [9.17, 15) is 63.6 Å². The molecule has 20 heteroatoms. The van der Waals surface area contributed by atoms with Crippen LogP contribution in [0.4, 0.5) is 0 Å². The number of aliphatic carboxylic acids is 3. The van der Waals surface area contributed by atoms with Crippen molar-refractivity contribution < 1.29 is 63.6 Å². The Hall–Kier alpha value is -5.40. The first-order chi connectivity index (χ1) is 27.3. The quantitative estimate of drug-likeness (QED) is 0.0623. The lowest BCUT2D eigenvalue weighted by atomic mass is 9.84. The number of thiol groups is 1. The molecule has 0 bridgehead atoms. The number of carboxylic acids is 3. The Morgan fingerprint density at radius 2 is 1.16 bits per heavy atom. The summed E-state index contributed by atoms with van der Waals surface area (Å²) in [4.78, 5) is 115. The second-order valence-electron chi connectivity index (χ2n) is 14.8. The van der Waals surface area contributed by atoms with Crippen LogP contribution in [0.3, 0.4) is 0 Å². The van der Waals surface area contributed by atoms with Crippen LogP contribution in [-0.2, 0) is 49.6 Å². The highest BCUT2D eigenvalue weighted by molar-refractivity contribution is 7.80. The predicted molar refractivity (Wildman–Crippen MR) is 210 cm³/mol. The molecule has 19 nitrogen and oxygen atoms in total. The van der Waals surface area contributed by atoms with Crippen molar-refractivity contribution in [2.45, 2.75) is 128 Å². The summed E-state index contributed by atoms with van der Waals surface area (Å²) in [5.74, 6) is -9.83. The number of amides is 6. The van der Waals surface area contributed by atoms with Gasteiger partial charge < -0.3 is 52.3 Å². The van der Waals surface area contributed by atoms with Crippen LogP contribution >= 0.6 is 12.6 Å². The third kappa shape index (κ3) is 17.8. The Kier molecular flexibility index (Phi) is 20.5. The van der Waals surface area contributed by atoms with Gasteiger partial charge >= 0.3 is 17.9 Å². The lowest BCUT2D eigenvalue weighted by Crippen LogP contribution is -2.60. The molecule has 0 aromatic heterocycles. The van der Waals surface area contributed by atoms with Crippen molar-refractivity contribution in [1.82, 2.24) is 31.9 Å². The van der Waals surface area contributed by atoms with Crippen molar-refractivity contribution in [3.8, 4) is 5.75 Å². The Labute approximate surface area is 341 Å². The summed E-state index contributed by atoms with van der Waals surface area (Å²) >= 11 is 3.99. The predicted octanol–water partition coefficient (Wildman–Crippen LogP) is 0.234. The molecule has 10 N–H and O–H groups in total. The number of rotatable bonds is 24. The van der Waals surface area contributed by atoms with Crippen LogP contribution in [0, 0.1) is 11.8 Å². The first kappa shape index (κ1) is 48.7. The maximum Gasteiger partial charge on any atom is 0.327 e. The monoisotopic (exact) mass is 836 g/mol. The standard InChI is InChI=1S/C38H56N6O13S/c1-20(2)15-26(41-35(53)28(17-23-9-11-24(46)12-10-23)43-37(55)29(18-32(49)50)39-21(3)45)34(52)40-25(13-14-31(47)48)33(51)42-27(16-22-7-5-4-6-8-22)36(54)44-30(19-58)38(56)57/h9-12,20,22,25-30,46,58H,4-8,13-19H2,1-3H3,(H,39,45)(H,40,52)(H,41,53)(H,42,51)(H,43,55)(H,44,54)(H,47,48)(H,49,50)(H,56,57)/t25-,26-,27-,28-,29-,30-/m0/s1. The number of hydrogen-bond acceptors (Lipinski definition) is 11. The number of hydrogen-bond donors (Lipinski definition) is 11. The van der Waals surface area contributed by atoms with Crippen LogP contribution in [0.2, 0.25) is 0 Å². The van der Waals surface area contributed by atoms with Crippen LogP contribution in [0.1, 0.15) is 90.5 Å². The number of benzene rings is 1. The topological polar surface area (TPSA) is 307 Å². The van der Waals surface area contributed by atoms with Gasteiger partial charge in [-0.05, 0) is 48.8 Å². The molecule has 0 saturated heterocycles. The molecule has 322 valence electrons. The Morgan fingerprint density at radius 3 is 1.69 bits per heavy atom. The van der Waals surface area contributed by atoms with Crippen molar-refractivity contribution in [3.05, 3.63) is 29.8 Å². The van der Waals surface area contributed by atoms with Crippen LogP contribution in [-0.4, -0.2) is 116 Å². The lowest BCUT2D eigenvalue weighted by molar-refractivity contribution is -0.142. The van der Waals surface area contributed by atoms with Gasteiger partial charge in [-0.25, -0.2) is 4.79 Å². The average molecular weight is 837 g/mol. The average Bonchev–Trinajstić information content (AvgIpc) is 3.14.